The fraction of sp³-hybridized carbons (Fsp3) is 0.632. The summed E-state index contributed by atoms with van der Waals surface area (Å²) in [7, 11) is 0. The van der Waals surface area contributed by atoms with Crippen molar-refractivity contribution in [2.75, 3.05) is 24.2 Å². The first-order valence-corrected chi connectivity index (χ1v) is 9.92. The Bertz CT molecular complexity index is 905. The molecule has 6 N–H and O–H groups in total. The zero-order valence-corrected chi connectivity index (χ0v) is 16.7. The average Bonchev–Trinajstić information content (AvgIpc) is 3.21. The molecule has 10 nitrogen and oxygen atoms in total. The summed E-state index contributed by atoms with van der Waals surface area (Å²) in [6, 6.07) is 0. The lowest BCUT2D eigenvalue weighted by Crippen LogP contribution is -2.33. The Morgan fingerprint density at radius 3 is 2.62 bits per heavy atom. The third-order valence-corrected chi connectivity index (χ3v) is 4.73. The van der Waals surface area contributed by atoms with Crippen LogP contribution in [0.2, 0.25) is 0 Å². The van der Waals surface area contributed by atoms with E-state index >= 15 is 0 Å². The predicted molar refractivity (Wildman–Crippen MR) is 108 cm³/mol. The first kappa shape index (κ1) is 21.3. The second kappa shape index (κ2) is 9.37. The molecule has 1 aliphatic rings. The lowest BCUT2D eigenvalue weighted by molar-refractivity contribution is -0.0501. The van der Waals surface area contributed by atoms with Crippen LogP contribution in [0.3, 0.4) is 0 Å². The maximum atomic E-state index is 10.5. The highest BCUT2D eigenvalue weighted by Gasteiger charge is 2.45. The van der Waals surface area contributed by atoms with Crippen LogP contribution in [0, 0.1) is 11.8 Å². The van der Waals surface area contributed by atoms with Gasteiger partial charge in [-0.2, -0.15) is 0 Å². The third-order valence-electron chi connectivity index (χ3n) is 4.73. The molecule has 3 rings (SSSR count). The molecule has 1 fully saturated rings. The van der Waals surface area contributed by atoms with Crippen molar-refractivity contribution >= 4 is 22.9 Å². The molecule has 0 radical (unpaired) electrons. The summed E-state index contributed by atoms with van der Waals surface area (Å²) < 4.78 is 7.24. The molecule has 1 saturated heterocycles. The topological polar surface area (TPSA) is 152 Å². The molecule has 0 saturated carbocycles. The van der Waals surface area contributed by atoms with E-state index in [1.54, 1.807) is 4.57 Å². The van der Waals surface area contributed by atoms with Crippen LogP contribution in [-0.4, -0.2) is 66.3 Å². The van der Waals surface area contributed by atoms with E-state index in [1.807, 2.05) is 6.92 Å². The number of imidazole rings is 1. The summed E-state index contributed by atoms with van der Waals surface area (Å²) in [5, 5.41) is 33.3. The van der Waals surface area contributed by atoms with Crippen LogP contribution < -0.4 is 11.1 Å². The quantitative estimate of drug-likeness (QED) is 0.326. The first-order valence-electron chi connectivity index (χ1n) is 9.92. The zero-order chi connectivity index (χ0) is 21.0. The highest BCUT2D eigenvalue weighted by atomic mass is 16.6. The number of rotatable bonds is 7. The lowest BCUT2D eigenvalue weighted by atomic mass is 10.1. The van der Waals surface area contributed by atoms with E-state index in [0.717, 1.165) is 25.7 Å². The van der Waals surface area contributed by atoms with Gasteiger partial charge in [0.05, 0.1) is 6.61 Å². The van der Waals surface area contributed by atoms with Gasteiger partial charge in [0.25, 0.3) is 0 Å². The Morgan fingerprint density at radius 2 is 1.97 bits per heavy atom. The Balaban J connectivity index is 2.09. The summed E-state index contributed by atoms with van der Waals surface area (Å²) in [4.78, 5) is 13.2. The van der Waals surface area contributed by atoms with Crippen LogP contribution in [0.25, 0.3) is 11.2 Å². The molecule has 10 heteroatoms. The third kappa shape index (κ3) is 4.28. The Labute approximate surface area is 169 Å². The molecule has 0 aromatic carbocycles. The number of aliphatic hydroxyl groups excluding tert-OH is 3. The van der Waals surface area contributed by atoms with Crippen LogP contribution in [0.15, 0.2) is 0 Å². The molecule has 3 heterocycles. The van der Waals surface area contributed by atoms with Crippen molar-refractivity contribution in [1.82, 2.24) is 19.5 Å². The van der Waals surface area contributed by atoms with E-state index in [9.17, 15) is 15.3 Å². The van der Waals surface area contributed by atoms with Crippen molar-refractivity contribution in [3.8, 4) is 11.8 Å². The van der Waals surface area contributed by atoms with E-state index in [4.69, 9.17) is 10.5 Å². The predicted octanol–water partition coefficient (Wildman–Crippen LogP) is 0.384. The molecular weight excluding hydrogens is 376 g/mol. The van der Waals surface area contributed by atoms with Gasteiger partial charge in [-0.15, -0.1) is 0 Å². The largest absolute Gasteiger partial charge is 0.394 e. The Hall–Kier alpha value is -2.45. The van der Waals surface area contributed by atoms with Gasteiger partial charge in [-0.25, -0.2) is 15.0 Å². The van der Waals surface area contributed by atoms with Crippen LogP contribution in [-0.2, 0) is 4.74 Å². The van der Waals surface area contributed by atoms with E-state index < -0.39 is 31.1 Å². The molecule has 4 atom stereocenters. The first-order chi connectivity index (χ1) is 14.0. The minimum absolute atomic E-state index is 0.167. The fourth-order valence-electron chi connectivity index (χ4n) is 3.15. The monoisotopic (exact) mass is 404 g/mol. The zero-order valence-electron chi connectivity index (χ0n) is 16.7. The molecule has 2 aromatic heterocycles. The maximum Gasteiger partial charge on any atom is 0.208 e. The molecular formula is C19H28N6O4. The van der Waals surface area contributed by atoms with E-state index in [-0.39, 0.29) is 11.6 Å². The van der Waals surface area contributed by atoms with Gasteiger partial charge >= 0.3 is 0 Å². The molecule has 0 amide bonds. The lowest BCUT2D eigenvalue weighted by Gasteiger charge is -2.19. The summed E-state index contributed by atoms with van der Waals surface area (Å²) in [6.07, 6.45) is -0.835. The van der Waals surface area contributed by atoms with Crippen LogP contribution in [0.4, 0.5) is 11.8 Å². The smallest absolute Gasteiger partial charge is 0.208 e. The number of unbranched alkanes of at least 4 members (excludes halogenated alkanes) is 2. The van der Waals surface area contributed by atoms with E-state index in [1.165, 1.54) is 0 Å². The van der Waals surface area contributed by atoms with Crippen molar-refractivity contribution in [3.05, 3.63) is 5.82 Å². The average molecular weight is 404 g/mol. The number of hydrogen-bond donors (Lipinski definition) is 5. The number of nitrogens with one attached hydrogen (secondary N) is 1. The molecule has 29 heavy (non-hydrogen) atoms. The molecule has 1 aliphatic heterocycles. The summed E-state index contributed by atoms with van der Waals surface area (Å²) in [6.45, 7) is 4.29. The van der Waals surface area contributed by atoms with Gasteiger partial charge in [0.1, 0.15) is 18.3 Å². The number of anilines is 2. The normalized spacial score (nSPS) is 23.9. The number of aromatic nitrogens is 4. The second-order valence-electron chi connectivity index (χ2n) is 6.97. The number of nitrogen functional groups attached to an aromatic ring is 1. The molecule has 0 aliphatic carbocycles. The van der Waals surface area contributed by atoms with Gasteiger partial charge in [0.15, 0.2) is 23.2 Å². The maximum absolute atomic E-state index is 10.5. The van der Waals surface area contributed by atoms with Gasteiger partial charge in [-0.3, -0.25) is 4.57 Å². The molecule has 0 bridgehead atoms. The summed E-state index contributed by atoms with van der Waals surface area (Å²) in [5.41, 5.74) is 6.78. The van der Waals surface area contributed by atoms with Crippen LogP contribution in [0.1, 0.15) is 51.6 Å². The van der Waals surface area contributed by atoms with Gasteiger partial charge in [0.2, 0.25) is 11.8 Å². The Kier molecular flexibility index (Phi) is 6.87. The number of aliphatic hydroxyl groups is 3. The number of hydrogen-bond acceptors (Lipinski definition) is 9. The number of fused-ring (bicyclic) bond motifs is 1. The van der Waals surface area contributed by atoms with Crippen molar-refractivity contribution in [3.63, 3.8) is 0 Å². The van der Waals surface area contributed by atoms with Gasteiger partial charge < -0.3 is 31.1 Å². The molecule has 2 aromatic rings. The second-order valence-corrected chi connectivity index (χ2v) is 6.97. The highest BCUT2D eigenvalue weighted by Crippen LogP contribution is 2.35. The number of ether oxygens (including phenoxy) is 1. The van der Waals surface area contributed by atoms with Crippen molar-refractivity contribution < 1.29 is 20.1 Å². The summed E-state index contributed by atoms with van der Waals surface area (Å²) in [5.74, 6) is 6.74. The van der Waals surface area contributed by atoms with E-state index in [2.05, 4.69) is 39.0 Å². The molecule has 4 unspecified atom stereocenters. The van der Waals surface area contributed by atoms with E-state index in [0.29, 0.717) is 23.7 Å². The molecule has 158 valence electrons. The minimum Gasteiger partial charge on any atom is -0.394 e. The van der Waals surface area contributed by atoms with Crippen molar-refractivity contribution in [2.45, 2.75) is 64.1 Å². The standard InChI is InChI=1S/C19H28N6O4/c1-3-5-6-7-8-12-22-16(20)13-17(23-12)25(19(24-13)21-9-4-2)18-15(28)14(27)11(10-26)29-18/h11,14-15,18,26-28H,3-6,9-10H2,1-2H3,(H,21,24)(H2,20,22,23). The van der Waals surface area contributed by atoms with Gasteiger partial charge in [-0.05, 0) is 18.8 Å². The summed E-state index contributed by atoms with van der Waals surface area (Å²) >= 11 is 0. The fourth-order valence-corrected chi connectivity index (χ4v) is 3.15. The van der Waals surface area contributed by atoms with Crippen molar-refractivity contribution in [2.24, 2.45) is 0 Å². The highest BCUT2D eigenvalue weighted by molar-refractivity contribution is 5.84. The Morgan fingerprint density at radius 1 is 1.17 bits per heavy atom. The van der Waals surface area contributed by atoms with Gasteiger partial charge in [0, 0.05) is 13.0 Å². The number of nitrogens with two attached hydrogens (primary N) is 1. The molecule has 0 spiro atoms. The van der Waals surface area contributed by atoms with Crippen LogP contribution in [0.5, 0.6) is 0 Å². The minimum atomic E-state index is -1.28. The van der Waals surface area contributed by atoms with Crippen molar-refractivity contribution in [1.29, 1.82) is 0 Å². The van der Waals surface area contributed by atoms with Gasteiger partial charge in [-0.1, -0.05) is 26.2 Å². The van der Waals surface area contributed by atoms with Crippen LogP contribution >= 0.6 is 0 Å². The SMILES string of the molecule is CCCCC#Cc1nc(N)c2nc(NCCC)n(C3OC(CO)C(O)C3O)c2n1. The number of nitrogens with zero attached hydrogens (tertiary/aromatic N) is 4.